The van der Waals surface area contributed by atoms with Gasteiger partial charge in [0, 0.05) is 13.1 Å². The zero-order valence-corrected chi connectivity index (χ0v) is 10.1. The number of anilines is 2. The predicted octanol–water partition coefficient (Wildman–Crippen LogP) is 2.51. The van der Waals surface area contributed by atoms with E-state index in [-0.39, 0.29) is 0 Å². The molecule has 1 heterocycles. The molecule has 3 nitrogen and oxygen atoms in total. The van der Waals surface area contributed by atoms with Crippen LogP contribution in [0.15, 0.2) is 18.2 Å². The summed E-state index contributed by atoms with van der Waals surface area (Å²) in [5.41, 5.74) is 7.97. The molecule has 0 amide bonds. The molecule has 1 aromatic carbocycles. The minimum Gasteiger partial charge on any atom is -0.495 e. The van der Waals surface area contributed by atoms with Gasteiger partial charge in [-0.3, -0.25) is 0 Å². The minimum atomic E-state index is 0.763. The van der Waals surface area contributed by atoms with Gasteiger partial charge in [0.15, 0.2) is 0 Å². The van der Waals surface area contributed by atoms with Gasteiger partial charge in [0.25, 0.3) is 0 Å². The Kier molecular flexibility index (Phi) is 3.22. The summed E-state index contributed by atoms with van der Waals surface area (Å²) in [4.78, 5) is 2.36. The topological polar surface area (TPSA) is 38.5 Å². The van der Waals surface area contributed by atoms with Gasteiger partial charge in [-0.15, -0.1) is 0 Å². The van der Waals surface area contributed by atoms with Crippen LogP contribution in [0.5, 0.6) is 5.75 Å². The molecule has 2 N–H and O–H groups in total. The van der Waals surface area contributed by atoms with Gasteiger partial charge >= 0.3 is 0 Å². The summed E-state index contributed by atoms with van der Waals surface area (Å²) >= 11 is 0. The Labute approximate surface area is 97.2 Å². The molecular weight excluding hydrogens is 200 g/mol. The number of nitrogens with two attached hydrogens (primary N) is 1. The standard InChI is InChI=1S/C13H20N2O/c1-10-6-8-15(9-7-10)11-4-3-5-12(16-2)13(11)14/h3-5,10H,6-9,14H2,1-2H3. The number of nitrogen functional groups attached to an aromatic ring is 1. The molecule has 1 aromatic rings. The van der Waals surface area contributed by atoms with Crippen LogP contribution in [-0.2, 0) is 0 Å². The van der Waals surface area contributed by atoms with Crippen LogP contribution in [-0.4, -0.2) is 20.2 Å². The molecule has 88 valence electrons. The first-order valence-electron chi connectivity index (χ1n) is 5.89. The fraction of sp³-hybridized carbons (Fsp3) is 0.538. The third kappa shape index (κ3) is 2.08. The molecule has 0 bridgehead atoms. The molecule has 1 aliphatic heterocycles. The van der Waals surface area contributed by atoms with E-state index in [4.69, 9.17) is 10.5 Å². The van der Waals surface area contributed by atoms with Gasteiger partial charge in [-0.1, -0.05) is 13.0 Å². The van der Waals surface area contributed by atoms with E-state index in [1.54, 1.807) is 7.11 Å². The summed E-state index contributed by atoms with van der Waals surface area (Å²) in [6.45, 7) is 4.50. The van der Waals surface area contributed by atoms with Crippen molar-refractivity contribution in [1.29, 1.82) is 0 Å². The van der Waals surface area contributed by atoms with Gasteiger partial charge in [-0.05, 0) is 30.9 Å². The summed E-state index contributed by atoms with van der Waals surface area (Å²) in [5.74, 6) is 1.61. The lowest BCUT2D eigenvalue weighted by Crippen LogP contribution is -2.33. The number of hydrogen-bond donors (Lipinski definition) is 1. The molecule has 0 aromatic heterocycles. The third-order valence-corrected chi connectivity index (χ3v) is 3.39. The minimum absolute atomic E-state index is 0.763. The molecular formula is C13H20N2O. The highest BCUT2D eigenvalue weighted by Crippen LogP contribution is 2.33. The average molecular weight is 220 g/mol. The number of ether oxygens (including phenoxy) is 1. The molecule has 0 unspecified atom stereocenters. The van der Waals surface area contributed by atoms with Gasteiger partial charge in [0.2, 0.25) is 0 Å². The number of benzene rings is 1. The van der Waals surface area contributed by atoms with Gasteiger partial charge in [-0.2, -0.15) is 0 Å². The van der Waals surface area contributed by atoms with Crippen molar-refractivity contribution in [3.8, 4) is 5.75 Å². The van der Waals surface area contributed by atoms with E-state index in [9.17, 15) is 0 Å². The first-order valence-corrected chi connectivity index (χ1v) is 5.89. The summed E-state index contributed by atoms with van der Waals surface area (Å²) in [7, 11) is 1.66. The largest absolute Gasteiger partial charge is 0.495 e. The van der Waals surface area contributed by atoms with Crippen LogP contribution in [0.2, 0.25) is 0 Å². The van der Waals surface area contributed by atoms with Crippen LogP contribution >= 0.6 is 0 Å². The van der Waals surface area contributed by atoms with Crippen molar-refractivity contribution < 1.29 is 4.74 Å². The van der Waals surface area contributed by atoms with E-state index >= 15 is 0 Å². The lowest BCUT2D eigenvalue weighted by molar-refractivity contribution is 0.415. The Balaban J connectivity index is 2.20. The lowest BCUT2D eigenvalue weighted by atomic mass is 9.98. The Morgan fingerprint density at radius 1 is 1.31 bits per heavy atom. The molecule has 0 radical (unpaired) electrons. The molecule has 1 fully saturated rings. The van der Waals surface area contributed by atoms with Gasteiger partial charge < -0.3 is 15.4 Å². The van der Waals surface area contributed by atoms with Crippen molar-refractivity contribution in [2.45, 2.75) is 19.8 Å². The summed E-state index contributed by atoms with van der Waals surface area (Å²) in [6.07, 6.45) is 2.49. The second-order valence-corrected chi connectivity index (χ2v) is 4.56. The number of para-hydroxylation sites is 1. The monoisotopic (exact) mass is 220 g/mol. The van der Waals surface area contributed by atoms with Crippen molar-refractivity contribution in [3.05, 3.63) is 18.2 Å². The van der Waals surface area contributed by atoms with E-state index in [1.807, 2.05) is 12.1 Å². The lowest BCUT2D eigenvalue weighted by Gasteiger charge is -2.33. The number of piperidine rings is 1. The average Bonchev–Trinajstić information content (AvgIpc) is 2.31. The molecule has 3 heteroatoms. The molecule has 1 saturated heterocycles. The first kappa shape index (κ1) is 11.1. The maximum absolute atomic E-state index is 6.09. The van der Waals surface area contributed by atoms with E-state index in [0.29, 0.717) is 0 Å². The van der Waals surface area contributed by atoms with Crippen molar-refractivity contribution in [2.75, 3.05) is 30.8 Å². The van der Waals surface area contributed by atoms with Crippen LogP contribution in [0, 0.1) is 5.92 Å². The van der Waals surface area contributed by atoms with Crippen LogP contribution in [0.3, 0.4) is 0 Å². The quantitative estimate of drug-likeness (QED) is 0.778. The molecule has 0 spiro atoms. The van der Waals surface area contributed by atoms with E-state index in [0.717, 1.165) is 36.1 Å². The smallest absolute Gasteiger partial charge is 0.143 e. The number of hydrogen-bond acceptors (Lipinski definition) is 3. The SMILES string of the molecule is COc1cccc(N2CCC(C)CC2)c1N. The van der Waals surface area contributed by atoms with E-state index in [1.165, 1.54) is 12.8 Å². The summed E-state index contributed by atoms with van der Waals surface area (Å²) in [6, 6.07) is 5.99. The fourth-order valence-electron chi connectivity index (χ4n) is 2.24. The molecule has 2 rings (SSSR count). The molecule has 0 saturated carbocycles. The highest BCUT2D eigenvalue weighted by atomic mass is 16.5. The number of nitrogens with zero attached hydrogens (tertiary/aromatic N) is 1. The first-order chi connectivity index (χ1) is 7.72. The van der Waals surface area contributed by atoms with Crippen LogP contribution in [0.25, 0.3) is 0 Å². The van der Waals surface area contributed by atoms with Crippen molar-refractivity contribution in [3.63, 3.8) is 0 Å². The second kappa shape index (κ2) is 4.64. The summed E-state index contributed by atoms with van der Waals surface area (Å²) in [5, 5.41) is 0. The van der Waals surface area contributed by atoms with Gasteiger partial charge in [0.05, 0.1) is 18.5 Å². The number of rotatable bonds is 2. The zero-order chi connectivity index (χ0) is 11.5. The second-order valence-electron chi connectivity index (χ2n) is 4.56. The maximum Gasteiger partial charge on any atom is 0.143 e. The fourth-order valence-corrected chi connectivity index (χ4v) is 2.24. The Morgan fingerprint density at radius 3 is 2.62 bits per heavy atom. The highest BCUT2D eigenvalue weighted by molar-refractivity contribution is 5.74. The highest BCUT2D eigenvalue weighted by Gasteiger charge is 2.18. The van der Waals surface area contributed by atoms with Crippen LogP contribution < -0.4 is 15.4 Å². The van der Waals surface area contributed by atoms with Crippen molar-refractivity contribution in [1.82, 2.24) is 0 Å². The predicted molar refractivity (Wildman–Crippen MR) is 68.0 cm³/mol. The zero-order valence-electron chi connectivity index (χ0n) is 10.1. The normalized spacial score (nSPS) is 17.5. The summed E-state index contributed by atoms with van der Waals surface area (Å²) < 4.78 is 5.25. The molecule has 0 aliphatic carbocycles. The molecule has 0 atom stereocenters. The third-order valence-electron chi connectivity index (χ3n) is 3.39. The van der Waals surface area contributed by atoms with Gasteiger partial charge in [0.1, 0.15) is 5.75 Å². The van der Waals surface area contributed by atoms with E-state index < -0.39 is 0 Å². The van der Waals surface area contributed by atoms with Gasteiger partial charge in [-0.25, -0.2) is 0 Å². The Bertz CT molecular complexity index is 357. The number of methoxy groups -OCH3 is 1. The Hall–Kier alpha value is -1.38. The van der Waals surface area contributed by atoms with E-state index in [2.05, 4.69) is 17.9 Å². The van der Waals surface area contributed by atoms with Crippen LogP contribution in [0.4, 0.5) is 11.4 Å². The Morgan fingerprint density at radius 2 is 2.00 bits per heavy atom. The molecule has 16 heavy (non-hydrogen) atoms. The maximum atomic E-state index is 6.09. The van der Waals surface area contributed by atoms with Crippen molar-refractivity contribution >= 4 is 11.4 Å². The van der Waals surface area contributed by atoms with Crippen LogP contribution in [0.1, 0.15) is 19.8 Å². The molecule has 1 aliphatic rings. The van der Waals surface area contributed by atoms with Crippen molar-refractivity contribution in [2.24, 2.45) is 5.92 Å².